The van der Waals surface area contributed by atoms with Gasteiger partial charge in [-0.3, -0.25) is 14.9 Å². The molecular formula is C22H19F3N4O5. The highest BCUT2D eigenvalue weighted by atomic mass is 19.4. The van der Waals surface area contributed by atoms with Crippen molar-refractivity contribution in [1.82, 2.24) is 10.2 Å². The maximum absolute atomic E-state index is 12.5. The summed E-state index contributed by atoms with van der Waals surface area (Å²) in [5.74, 6) is -0.572. The van der Waals surface area contributed by atoms with Gasteiger partial charge < -0.3 is 18.8 Å². The summed E-state index contributed by atoms with van der Waals surface area (Å²) in [6, 6.07) is 11.9. The van der Waals surface area contributed by atoms with Crippen LogP contribution in [0.3, 0.4) is 0 Å². The molecule has 1 atom stereocenters. The fourth-order valence-corrected chi connectivity index (χ4v) is 3.49. The lowest BCUT2D eigenvalue weighted by molar-refractivity contribution is -0.274. The second-order valence-electron chi connectivity index (χ2n) is 7.47. The molecule has 1 saturated heterocycles. The van der Waals surface area contributed by atoms with Gasteiger partial charge >= 0.3 is 12.4 Å². The van der Waals surface area contributed by atoms with Crippen LogP contribution in [0.4, 0.5) is 24.9 Å². The number of hydrogen-bond acceptors (Lipinski definition) is 7. The van der Waals surface area contributed by atoms with Crippen LogP contribution in [0.1, 0.15) is 23.8 Å². The topological polar surface area (TPSA) is 107 Å². The Kier molecular flexibility index (Phi) is 6.39. The Morgan fingerprint density at radius 2 is 1.79 bits per heavy atom. The smallest absolute Gasteiger partial charge is 0.497 e. The highest BCUT2D eigenvalue weighted by molar-refractivity contribution is 5.96. The lowest BCUT2D eigenvalue weighted by Crippen LogP contribution is -2.24. The fraction of sp³-hybridized carbons (Fsp3) is 0.273. The zero-order valence-corrected chi connectivity index (χ0v) is 17.8. The van der Waals surface area contributed by atoms with E-state index in [9.17, 15) is 22.8 Å². The first-order chi connectivity index (χ1) is 16.2. The van der Waals surface area contributed by atoms with E-state index in [0.29, 0.717) is 11.4 Å². The Hall–Kier alpha value is -4.09. The van der Waals surface area contributed by atoms with Crippen LogP contribution in [0.15, 0.2) is 52.9 Å². The molecule has 34 heavy (non-hydrogen) atoms. The number of methoxy groups -OCH3 is 1. The van der Waals surface area contributed by atoms with Crippen molar-refractivity contribution < 1.29 is 36.7 Å². The molecule has 1 aliphatic rings. The Balaban J connectivity index is 1.35. The molecule has 0 saturated carbocycles. The summed E-state index contributed by atoms with van der Waals surface area (Å²) in [5.41, 5.74) is 1.18. The number of nitrogens with one attached hydrogen (secondary N) is 1. The Morgan fingerprint density at radius 1 is 1.12 bits per heavy atom. The minimum absolute atomic E-state index is 0.0717. The first kappa shape index (κ1) is 23.1. The number of alkyl halides is 3. The molecule has 2 amide bonds. The molecule has 4 rings (SSSR count). The van der Waals surface area contributed by atoms with Crippen LogP contribution in [0.5, 0.6) is 11.5 Å². The number of carbonyl (C=O) groups is 2. The second kappa shape index (κ2) is 9.41. The van der Waals surface area contributed by atoms with Gasteiger partial charge in [0.05, 0.1) is 19.4 Å². The summed E-state index contributed by atoms with van der Waals surface area (Å²) >= 11 is 0. The summed E-state index contributed by atoms with van der Waals surface area (Å²) in [4.78, 5) is 26.1. The molecule has 0 aliphatic carbocycles. The van der Waals surface area contributed by atoms with Gasteiger partial charge in [-0.05, 0) is 42.0 Å². The number of carbonyl (C=O) groups excluding carboxylic acids is 2. The van der Waals surface area contributed by atoms with E-state index >= 15 is 0 Å². The number of hydrogen-bond donors (Lipinski definition) is 1. The van der Waals surface area contributed by atoms with E-state index in [-0.39, 0.29) is 48.9 Å². The van der Waals surface area contributed by atoms with Gasteiger partial charge in [-0.1, -0.05) is 17.2 Å². The number of ether oxygens (including phenoxy) is 2. The van der Waals surface area contributed by atoms with Crippen LogP contribution < -0.4 is 19.7 Å². The third-order valence-electron chi connectivity index (χ3n) is 5.07. The summed E-state index contributed by atoms with van der Waals surface area (Å²) in [7, 11) is 1.55. The Morgan fingerprint density at radius 3 is 2.44 bits per heavy atom. The zero-order valence-electron chi connectivity index (χ0n) is 17.8. The van der Waals surface area contributed by atoms with E-state index in [4.69, 9.17) is 9.15 Å². The third kappa shape index (κ3) is 5.63. The number of rotatable bonds is 7. The van der Waals surface area contributed by atoms with Crippen LogP contribution in [0, 0.1) is 0 Å². The predicted octanol–water partition coefficient (Wildman–Crippen LogP) is 3.68. The van der Waals surface area contributed by atoms with Crippen molar-refractivity contribution >= 4 is 23.5 Å². The summed E-state index contributed by atoms with van der Waals surface area (Å²) in [6.45, 7) is 0.194. The van der Waals surface area contributed by atoms with Crippen molar-refractivity contribution in [2.24, 2.45) is 0 Å². The number of nitrogens with zero attached hydrogens (tertiary/aromatic N) is 3. The maximum Gasteiger partial charge on any atom is 0.573 e. The van der Waals surface area contributed by atoms with Crippen LogP contribution in [-0.2, 0) is 16.0 Å². The monoisotopic (exact) mass is 476 g/mol. The van der Waals surface area contributed by atoms with Crippen LogP contribution in [-0.4, -0.2) is 42.0 Å². The molecule has 0 radical (unpaired) electrons. The fourth-order valence-electron chi connectivity index (χ4n) is 3.49. The van der Waals surface area contributed by atoms with Gasteiger partial charge in [-0.15, -0.1) is 18.3 Å². The molecule has 2 aromatic carbocycles. The predicted molar refractivity (Wildman–Crippen MR) is 112 cm³/mol. The van der Waals surface area contributed by atoms with Gasteiger partial charge in [0.2, 0.25) is 17.7 Å². The average Bonchev–Trinajstić information content (AvgIpc) is 3.40. The first-order valence-corrected chi connectivity index (χ1v) is 10.1. The van der Waals surface area contributed by atoms with Crippen molar-refractivity contribution in [3.8, 4) is 11.5 Å². The highest BCUT2D eigenvalue weighted by Crippen LogP contribution is 2.33. The first-order valence-electron chi connectivity index (χ1n) is 10.1. The normalized spacial score (nSPS) is 15.9. The van der Waals surface area contributed by atoms with Crippen molar-refractivity contribution in [2.45, 2.75) is 25.1 Å². The summed E-state index contributed by atoms with van der Waals surface area (Å²) in [6.07, 6.45) is -4.64. The van der Waals surface area contributed by atoms with Crippen molar-refractivity contribution in [1.29, 1.82) is 0 Å². The average molecular weight is 476 g/mol. The quantitative estimate of drug-likeness (QED) is 0.554. The number of amides is 2. The zero-order chi connectivity index (χ0) is 24.3. The van der Waals surface area contributed by atoms with E-state index in [1.807, 2.05) is 0 Å². The molecule has 0 spiro atoms. The van der Waals surface area contributed by atoms with Crippen molar-refractivity contribution in [2.75, 3.05) is 23.9 Å². The van der Waals surface area contributed by atoms with E-state index in [1.165, 1.54) is 17.0 Å². The summed E-state index contributed by atoms with van der Waals surface area (Å²) in [5, 5.41) is 10.3. The van der Waals surface area contributed by atoms with Gasteiger partial charge in [-0.25, -0.2) is 0 Å². The maximum atomic E-state index is 12.5. The molecule has 2 heterocycles. The SMILES string of the molecule is COc1ccc(CC(=O)Nc2nnc(C3CC(=O)N(c4ccc(OC(F)(F)F)cc4)C3)o2)cc1. The van der Waals surface area contributed by atoms with E-state index in [2.05, 4.69) is 20.3 Å². The number of aromatic nitrogens is 2. The van der Waals surface area contributed by atoms with Crippen molar-refractivity contribution in [3.63, 3.8) is 0 Å². The molecule has 12 heteroatoms. The largest absolute Gasteiger partial charge is 0.573 e. The minimum atomic E-state index is -4.80. The van der Waals surface area contributed by atoms with Crippen LogP contribution in [0.25, 0.3) is 0 Å². The minimum Gasteiger partial charge on any atom is -0.497 e. The van der Waals surface area contributed by atoms with E-state index in [1.54, 1.807) is 31.4 Å². The number of halogens is 3. The lowest BCUT2D eigenvalue weighted by atomic mass is 10.1. The van der Waals surface area contributed by atoms with Gasteiger partial charge in [0.25, 0.3) is 0 Å². The third-order valence-corrected chi connectivity index (χ3v) is 5.07. The van der Waals surface area contributed by atoms with Crippen molar-refractivity contribution in [3.05, 3.63) is 60.0 Å². The van der Waals surface area contributed by atoms with Gasteiger partial charge in [-0.2, -0.15) is 0 Å². The van der Waals surface area contributed by atoms with Crippen LogP contribution >= 0.6 is 0 Å². The van der Waals surface area contributed by atoms with Gasteiger partial charge in [0.1, 0.15) is 11.5 Å². The molecular weight excluding hydrogens is 457 g/mol. The van der Waals surface area contributed by atoms with E-state index in [0.717, 1.165) is 17.7 Å². The van der Waals surface area contributed by atoms with E-state index < -0.39 is 12.3 Å². The molecule has 0 bridgehead atoms. The molecule has 9 nitrogen and oxygen atoms in total. The second-order valence-corrected chi connectivity index (χ2v) is 7.47. The molecule has 1 fully saturated rings. The lowest BCUT2D eigenvalue weighted by Gasteiger charge is -2.17. The Labute approximate surface area is 191 Å². The molecule has 3 aromatic rings. The standard InChI is InChI=1S/C22H19F3N4O5/c1-32-16-6-2-13(3-7-16)10-18(30)26-21-28-27-20(33-21)14-11-19(31)29(12-14)15-4-8-17(9-5-15)34-22(23,24)25/h2-9,14H,10-12H2,1H3,(H,26,28,30). The molecule has 1 N–H and O–H groups in total. The molecule has 178 valence electrons. The molecule has 1 aromatic heterocycles. The molecule has 1 aliphatic heterocycles. The number of benzene rings is 2. The number of anilines is 2. The Bertz CT molecular complexity index is 1160. The summed E-state index contributed by atoms with van der Waals surface area (Å²) < 4.78 is 51.4. The highest BCUT2D eigenvalue weighted by Gasteiger charge is 2.35. The molecule has 1 unspecified atom stereocenters. The van der Waals surface area contributed by atoms with Gasteiger partial charge in [0, 0.05) is 18.7 Å². The van der Waals surface area contributed by atoms with Crippen LogP contribution in [0.2, 0.25) is 0 Å². The van der Waals surface area contributed by atoms with Gasteiger partial charge in [0.15, 0.2) is 0 Å².